The van der Waals surface area contributed by atoms with Crippen LogP contribution in [0.5, 0.6) is 5.75 Å². The summed E-state index contributed by atoms with van der Waals surface area (Å²) in [6.07, 6.45) is 0. The zero-order valence-electron chi connectivity index (χ0n) is 17.8. The summed E-state index contributed by atoms with van der Waals surface area (Å²) in [4.78, 5) is 13.8. The first-order valence-electron chi connectivity index (χ1n) is 10.1. The number of carbonyl (C=O) groups is 1. The van der Waals surface area contributed by atoms with Gasteiger partial charge in [0.05, 0.1) is 11.8 Å². The first kappa shape index (κ1) is 22.8. The number of aromatic nitrogens is 3. The standard InChI is InChI=1S/C23H22FN5O2S2/c1-15-8-10-16(11-9-15)22(19-7-4-12-32-19)26-21(30)14-33-23-28-27-20(29(23)25)13-31-18-6-3-2-5-17(18)24/h2-12,22H,13-14,25H2,1H3,(H,26,30). The number of nitrogens with two attached hydrogens (primary N) is 1. The smallest absolute Gasteiger partial charge is 0.231 e. The van der Waals surface area contributed by atoms with Crippen molar-refractivity contribution in [3.63, 3.8) is 0 Å². The van der Waals surface area contributed by atoms with Crippen molar-refractivity contribution >= 4 is 29.0 Å². The van der Waals surface area contributed by atoms with E-state index in [-0.39, 0.29) is 30.1 Å². The van der Waals surface area contributed by atoms with Gasteiger partial charge in [0.25, 0.3) is 0 Å². The number of thioether (sulfide) groups is 1. The van der Waals surface area contributed by atoms with Gasteiger partial charge in [0.2, 0.25) is 11.1 Å². The van der Waals surface area contributed by atoms with Crippen LogP contribution in [0.4, 0.5) is 4.39 Å². The van der Waals surface area contributed by atoms with E-state index in [0.29, 0.717) is 11.0 Å². The second kappa shape index (κ2) is 10.5. The molecule has 1 amide bonds. The maximum atomic E-state index is 13.7. The summed E-state index contributed by atoms with van der Waals surface area (Å²) < 4.78 is 20.4. The van der Waals surface area contributed by atoms with Crippen LogP contribution in [-0.4, -0.2) is 26.5 Å². The van der Waals surface area contributed by atoms with Gasteiger partial charge in [0.1, 0.15) is 6.61 Å². The van der Waals surface area contributed by atoms with Crippen LogP contribution in [0.15, 0.2) is 71.2 Å². The molecule has 0 aliphatic heterocycles. The quantitative estimate of drug-likeness (QED) is 0.275. The predicted molar refractivity (Wildman–Crippen MR) is 127 cm³/mol. The SMILES string of the molecule is Cc1ccc(C(NC(=O)CSc2nnc(COc3ccccc3F)n2N)c2cccs2)cc1. The number of benzene rings is 2. The molecule has 0 bridgehead atoms. The highest BCUT2D eigenvalue weighted by atomic mass is 32.2. The third-order valence-corrected chi connectivity index (χ3v) is 6.68. The second-order valence-corrected chi connectivity index (χ2v) is 9.12. The van der Waals surface area contributed by atoms with E-state index in [0.717, 1.165) is 27.8 Å². The lowest BCUT2D eigenvalue weighted by Gasteiger charge is -2.18. The number of rotatable bonds is 9. The van der Waals surface area contributed by atoms with Gasteiger partial charge < -0.3 is 15.9 Å². The Morgan fingerprint density at radius 3 is 2.70 bits per heavy atom. The summed E-state index contributed by atoms with van der Waals surface area (Å²) in [5.41, 5.74) is 2.17. The van der Waals surface area contributed by atoms with E-state index in [2.05, 4.69) is 15.5 Å². The molecule has 0 fully saturated rings. The van der Waals surface area contributed by atoms with Crippen LogP contribution in [0.1, 0.15) is 27.9 Å². The van der Waals surface area contributed by atoms with E-state index in [1.165, 1.54) is 16.8 Å². The fourth-order valence-corrected chi connectivity index (χ4v) is 4.56. The van der Waals surface area contributed by atoms with Crippen LogP contribution >= 0.6 is 23.1 Å². The fraction of sp³-hybridized carbons (Fsp3) is 0.174. The van der Waals surface area contributed by atoms with Crippen LogP contribution in [0, 0.1) is 12.7 Å². The van der Waals surface area contributed by atoms with Gasteiger partial charge in [-0.2, -0.15) is 0 Å². The zero-order valence-corrected chi connectivity index (χ0v) is 19.4. The molecule has 170 valence electrons. The molecule has 1 unspecified atom stereocenters. The average Bonchev–Trinajstić information content (AvgIpc) is 3.47. The maximum Gasteiger partial charge on any atom is 0.231 e. The molecule has 1 atom stereocenters. The molecule has 0 spiro atoms. The molecule has 0 radical (unpaired) electrons. The third kappa shape index (κ3) is 5.71. The predicted octanol–water partition coefficient (Wildman–Crippen LogP) is 4.08. The molecule has 0 saturated heterocycles. The zero-order chi connectivity index (χ0) is 23.2. The summed E-state index contributed by atoms with van der Waals surface area (Å²) in [6, 6.07) is 17.9. The van der Waals surface area contributed by atoms with E-state index in [1.54, 1.807) is 23.5 Å². The van der Waals surface area contributed by atoms with Gasteiger partial charge in [0.15, 0.2) is 17.4 Å². The molecular formula is C23H22FN5O2S2. The number of hydrogen-bond acceptors (Lipinski definition) is 7. The number of amides is 1. The average molecular weight is 484 g/mol. The van der Waals surface area contributed by atoms with Crippen LogP contribution in [-0.2, 0) is 11.4 Å². The Bertz CT molecular complexity index is 1210. The summed E-state index contributed by atoms with van der Waals surface area (Å²) in [5, 5.41) is 13.4. The molecule has 0 aliphatic carbocycles. The van der Waals surface area contributed by atoms with E-state index in [9.17, 15) is 9.18 Å². The Morgan fingerprint density at radius 1 is 1.18 bits per heavy atom. The highest BCUT2D eigenvalue weighted by Gasteiger charge is 2.19. The lowest BCUT2D eigenvalue weighted by atomic mass is 10.0. The molecule has 4 aromatic rings. The first-order valence-corrected chi connectivity index (χ1v) is 12.0. The molecule has 2 heterocycles. The number of ether oxygens (including phenoxy) is 1. The van der Waals surface area contributed by atoms with Crippen molar-refractivity contribution in [1.29, 1.82) is 0 Å². The molecule has 3 N–H and O–H groups in total. The Balaban J connectivity index is 1.37. The van der Waals surface area contributed by atoms with Gasteiger partial charge in [-0.15, -0.1) is 21.5 Å². The van der Waals surface area contributed by atoms with Crippen molar-refractivity contribution in [2.75, 3.05) is 11.6 Å². The summed E-state index contributed by atoms with van der Waals surface area (Å²) in [7, 11) is 0. The Labute approximate surface area is 198 Å². The molecule has 2 aromatic heterocycles. The van der Waals surface area contributed by atoms with Crippen LogP contribution < -0.4 is 15.9 Å². The highest BCUT2D eigenvalue weighted by Crippen LogP contribution is 2.27. The molecule has 4 rings (SSSR count). The topological polar surface area (TPSA) is 95.1 Å². The van der Waals surface area contributed by atoms with Crippen molar-refractivity contribution in [2.45, 2.75) is 24.7 Å². The fourth-order valence-electron chi connectivity index (χ4n) is 3.07. The van der Waals surface area contributed by atoms with Crippen LogP contribution in [0.3, 0.4) is 0 Å². The van der Waals surface area contributed by atoms with Gasteiger partial charge in [-0.3, -0.25) is 4.79 Å². The van der Waals surface area contributed by atoms with Crippen molar-refractivity contribution in [3.05, 3.63) is 93.7 Å². The number of halogens is 1. The van der Waals surface area contributed by atoms with Gasteiger partial charge in [-0.25, -0.2) is 9.07 Å². The van der Waals surface area contributed by atoms with E-state index in [4.69, 9.17) is 10.6 Å². The van der Waals surface area contributed by atoms with Crippen molar-refractivity contribution < 1.29 is 13.9 Å². The van der Waals surface area contributed by atoms with Gasteiger partial charge >= 0.3 is 0 Å². The Hall–Kier alpha value is -3.37. The van der Waals surface area contributed by atoms with E-state index in [1.807, 2.05) is 48.7 Å². The minimum atomic E-state index is -0.472. The first-order chi connectivity index (χ1) is 16.0. The molecular weight excluding hydrogens is 461 g/mol. The van der Waals surface area contributed by atoms with Gasteiger partial charge in [-0.05, 0) is 36.1 Å². The lowest BCUT2D eigenvalue weighted by Crippen LogP contribution is -2.30. The second-order valence-electron chi connectivity index (χ2n) is 7.20. The minimum absolute atomic E-state index is 0.0505. The third-order valence-electron chi connectivity index (χ3n) is 4.80. The Morgan fingerprint density at radius 2 is 1.97 bits per heavy atom. The normalized spacial score (nSPS) is 11.8. The number of nitrogens with one attached hydrogen (secondary N) is 1. The maximum absolute atomic E-state index is 13.7. The van der Waals surface area contributed by atoms with Gasteiger partial charge in [-0.1, -0.05) is 59.8 Å². The number of aryl methyl sites for hydroxylation is 1. The number of nitrogens with zero attached hydrogens (tertiary/aromatic N) is 3. The molecule has 2 aromatic carbocycles. The monoisotopic (exact) mass is 483 g/mol. The minimum Gasteiger partial charge on any atom is -0.482 e. The van der Waals surface area contributed by atoms with E-state index < -0.39 is 5.82 Å². The van der Waals surface area contributed by atoms with Crippen LogP contribution in [0.2, 0.25) is 0 Å². The Kier molecular flexibility index (Phi) is 7.26. The molecule has 0 saturated carbocycles. The van der Waals surface area contributed by atoms with Gasteiger partial charge in [0, 0.05) is 4.88 Å². The van der Waals surface area contributed by atoms with Crippen molar-refractivity contribution in [3.8, 4) is 5.75 Å². The highest BCUT2D eigenvalue weighted by molar-refractivity contribution is 7.99. The summed E-state index contributed by atoms with van der Waals surface area (Å²) >= 11 is 2.75. The van der Waals surface area contributed by atoms with Crippen LogP contribution in [0.25, 0.3) is 0 Å². The summed E-state index contributed by atoms with van der Waals surface area (Å²) in [6.45, 7) is 1.98. The summed E-state index contributed by atoms with van der Waals surface area (Å²) in [5.74, 6) is 5.94. The number of hydrogen-bond donors (Lipinski definition) is 2. The molecule has 0 aliphatic rings. The molecule has 7 nitrogen and oxygen atoms in total. The largest absolute Gasteiger partial charge is 0.482 e. The van der Waals surface area contributed by atoms with Crippen molar-refractivity contribution in [1.82, 2.24) is 20.2 Å². The number of para-hydroxylation sites is 1. The number of thiophene rings is 1. The molecule has 10 heteroatoms. The number of carbonyl (C=O) groups excluding carboxylic acids is 1. The number of nitrogen functional groups attached to an aromatic ring is 1. The van der Waals surface area contributed by atoms with E-state index >= 15 is 0 Å². The van der Waals surface area contributed by atoms with Crippen molar-refractivity contribution in [2.24, 2.45) is 0 Å². The lowest BCUT2D eigenvalue weighted by molar-refractivity contribution is -0.119. The molecule has 33 heavy (non-hydrogen) atoms.